The predicted octanol–water partition coefficient (Wildman–Crippen LogP) is 2.17. The highest BCUT2D eigenvalue weighted by atomic mass is 16.5. The Morgan fingerprint density at radius 2 is 2.24 bits per heavy atom. The summed E-state index contributed by atoms with van der Waals surface area (Å²) < 4.78 is 11.5. The Labute approximate surface area is 149 Å². The number of rotatable bonds is 5. The molecule has 1 spiro atoms. The molecule has 5 nitrogen and oxygen atoms in total. The van der Waals surface area contributed by atoms with Crippen molar-refractivity contribution in [3.8, 4) is 5.75 Å². The van der Waals surface area contributed by atoms with Crippen LogP contribution in [0.5, 0.6) is 5.75 Å². The molecule has 1 saturated carbocycles. The van der Waals surface area contributed by atoms with Gasteiger partial charge in [0.15, 0.2) is 0 Å². The number of piperidine rings is 1. The maximum atomic E-state index is 12.6. The van der Waals surface area contributed by atoms with Gasteiger partial charge in [0.2, 0.25) is 5.91 Å². The summed E-state index contributed by atoms with van der Waals surface area (Å²) in [5, 5.41) is 6.53. The third kappa shape index (κ3) is 3.67. The smallest absolute Gasteiger partial charge is 0.223 e. The van der Waals surface area contributed by atoms with Crippen molar-refractivity contribution in [2.45, 2.75) is 45.3 Å². The molecule has 2 saturated heterocycles. The Kier molecular flexibility index (Phi) is 4.69. The number of ether oxygens (including phenoxy) is 2. The molecule has 0 radical (unpaired) electrons. The van der Waals surface area contributed by atoms with Crippen LogP contribution in [-0.2, 0) is 16.1 Å². The molecule has 25 heavy (non-hydrogen) atoms. The van der Waals surface area contributed by atoms with Gasteiger partial charge in [-0.15, -0.1) is 0 Å². The zero-order valence-electron chi connectivity index (χ0n) is 15.0. The van der Waals surface area contributed by atoms with Crippen LogP contribution in [-0.4, -0.2) is 38.3 Å². The zero-order chi connectivity index (χ0) is 17.3. The topological polar surface area (TPSA) is 59.6 Å². The Hall–Kier alpha value is -1.59. The molecule has 0 aromatic heterocycles. The summed E-state index contributed by atoms with van der Waals surface area (Å²) in [7, 11) is 0. The largest absolute Gasteiger partial charge is 0.488 e. The van der Waals surface area contributed by atoms with E-state index in [0.29, 0.717) is 13.2 Å². The minimum atomic E-state index is 0.123. The van der Waals surface area contributed by atoms with Gasteiger partial charge < -0.3 is 20.1 Å². The Morgan fingerprint density at radius 1 is 1.40 bits per heavy atom. The first-order valence-electron chi connectivity index (χ1n) is 9.49. The summed E-state index contributed by atoms with van der Waals surface area (Å²) in [4.78, 5) is 12.6. The van der Waals surface area contributed by atoms with Gasteiger partial charge in [0.1, 0.15) is 11.9 Å². The highest BCUT2D eigenvalue weighted by molar-refractivity contribution is 5.82. The second-order valence-corrected chi connectivity index (χ2v) is 7.80. The SMILES string of the molecule is Cc1ccc(CNC(=O)C2CC23CCNCC3)c(OC2CCOC2)c1. The molecule has 2 heterocycles. The van der Waals surface area contributed by atoms with Crippen molar-refractivity contribution in [2.75, 3.05) is 26.3 Å². The molecule has 2 aliphatic heterocycles. The molecule has 0 bridgehead atoms. The molecule has 2 atom stereocenters. The number of carbonyl (C=O) groups excluding carboxylic acids is 1. The van der Waals surface area contributed by atoms with E-state index in [9.17, 15) is 4.79 Å². The van der Waals surface area contributed by atoms with Gasteiger partial charge in [-0.1, -0.05) is 12.1 Å². The number of hydrogen-bond donors (Lipinski definition) is 2. The van der Waals surface area contributed by atoms with E-state index >= 15 is 0 Å². The number of nitrogens with one attached hydrogen (secondary N) is 2. The van der Waals surface area contributed by atoms with Crippen LogP contribution in [0.25, 0.3) is 0 Å². The summed E-state index contributed by atoms with van der Waals surface area (Å²) in [6, 6.07) is 6.20. The predicted molar refractivity (Wildman–Crippen MR) is 95.5 cm³/mol. The van der Waals surface area contributed by atoms with Crippen molar-refractivity contribution in [2.24, 2.45) is 11.3 Å². The first-order chi connectivity index (χ1) is 12.2. The molecule has 136 valence electrons. The second-order valence-electron chi connectivity index (χ2n) is 7.80. The van der Waals surface area contributed by atoms with E-state index in [1.807, 2.05) is 0 Å². The Morgan fingerprint density at radius 3 is 3.00 bits per heavy atom. The Balaban J connectivity index is 1.36. The minimum Gasteiger partial charge on any atom is -0.488 e. The van der Waals surface area contributed by atoms with Crippen LogP contribution in [0.1, 0.15) is 36.8 Å². The maximum Gasteiger partial charge on any atom is 0.223 e. The normalized spacial score (nSPS) is 27.2. The lowest BCUT2D eigenvalue weighted by Gasteiger charge is -2.23. The first-order valence-corrected chi connectivity index (χ1v) is 9.49. The molecule has 1 aromatic rings. The van der Waals surface area contributed by atoms with Crippen molar-refractivity contribution in [3.63, 3.8) is 0 Å². The van der Waals surface area contributed by atoms with Crippen molar-refractivity contribution in [1.29, 1.82) is 0 Å². The molecular formula is C20H28N2O3. The molecule has 2 N–H and O–H groups in total. The van der Waals surface area contributed by atoms with E-state index in [0.717, 1.165) is 56.7 Å². The Bertz CT molecular complexity index is 634. The number of amides is 1. The minimum absolute atomic E-state index is 0.123. The second kappa shape index (κ2) is 6.96. The fourth-order valence-electron chi connectivity index (χ4n) is 4.20. The van der Waals surface area contributed by atoms with Gasteiger partial charge in [-0.05, 0) is 56.3 Å². The van der Waals surface area contributed by atoms with E-state index in [1.54, 1.807) is 0 Å². The lowest BCUT2D eigenvalue weighted by molar-refractivity contribution is -0.123. The highest BCUT2D eigenvalue weighted by Gasteiger charge is 2.57. The van der Waals surface area contributed by atoms with E-state index in [4.69, 9.17) is 9.47 Å². The summed E-state index contributed by atoms with van der Waals surface area (Å²) in [5.74, 6) is 1.29. The van der Waals surface area contributed by atoms with Crippen molar-refractivity contribution in [1.82, 2.24) is 10.6 Å². The molecular weight excluding hydrogens is 316 g/mol. The van der Waals surface area contributed by atoms with Crippen LogP contribution >= 0.6 is 0 Å². The van der Waals surface area contributed by atoms with Crippen LogP contribution in [0.15, 0.2) is 18.2 Å². The van der Waals surface area contributed by atoms with Crippen molar-refractivity contribution >= 4 is 5.91 Å². The van der Waals surface area contributed by atoms with Crippen LogP contribution in [0.4, 0.5) is 0 Å². The van der Waals surface area contributed by atoms with Gasteiger partial charge in [0.05, 0.1) is 13.2 Å². The molecule has 4 rings (SSSR count). The summed E-state index contributed by atoms with van der Waals surface area (Å²) in [6.45, 7) is 6.10. The molecule has 1 amide bonds. The van der Waals surface area contributed by atoms with Gasteiger partial charge >= 0.3 is 0 Å². The molecule has 2 unspecified atom stereocenters. The van der Waals surface area contributed by atoms with E-state index < -0.39 is 0 Å². The average molecular weight is 344 g/mol. The van der Waals surface area contributed by atoms with E-state index in [1.165, 1.54) is 5.56 Å². The fraction of sp³-hybridized carbons (Fsp3) is 0.650. The van der Waals surface area contributed by atoms with Crippen LogP contribution in [0.2, 0.25) is 0 Å². The number of carbonyl (C=O) groups is 1. The third-order valence-corrected chi connectivity index (χ3v) is 5.96. The molecule has 3 fully saturated rings. The van der Waals surface area contributed by atoms with Gasteiger partial charge in [-0.2, -0.15) is 0 Å². The van der Waals surface area contributed by atoms with Gasteiger partial charge in [0, 0.05) is 24.4 Å². The fourth-order valence-corrected chi connectivity index (χ4v) is 4.20. The maximum absolute atomic E-state index is 12.6. The van der Waals surface area contributed by atoms with Crippen LogP contribution in [0, 0.1) is 18.3 Å². The van der Waals surface area contributed by atoms with Crippen molar-refractivity contribution < 1.29 is 14.3 Å². The van der Waals surface area contributed by atoms with Gasteiger partial charge in [-0.25, -0.2) is 0 Å². The van der Waals surface area contributed by atoms with E-state index in [2.05, 4.69) is 35.8 Å². The van der Waals surface area contributed by atoms with Gasteiger partial charge in [0.25, 0.3) is 0 Å². The summed E-state index contributed by atoms with van der Waals surface area (Å²) in [5.41, 5.74) is 2.49. The third-order valence-electron chi connectivity index (χ3n) is 5.96. The van der Waals surface area contributed by atoms with Gasteiger partial charge in [-0.3, -0.25) is 4.79 Å². The molecule has 1 aliphatic carbocycles. The average Bonchev–Trinajstić information content (AvgIpc) is 3.04. The van der Waals surface area contributed by atoms with E-state index in [-0.39, 0.29) is 23.3 Å². The highest BCUT2D eigenvalue weighted by Crippen LogP contribution is 2.58. The van der Waals surface area contributed by atoms with Crippen LogP contribution in [0.3, 0.4) is 0 Å². The lowest BCUT2D eigenvalue weighted by atomic mass is 9.92. The molecule has 5 heteroatoms. The molecule has 3 aliphatic rings. The van der Waals surface area contributed by atoms with Crippen LogP contribution < -0.4 is 15.4 Å². The standard InChI is InChI=1S/C20H28N2O3/c1-14-2-3-15(18(10-14)25-16-4-9-24-13-16)12-22-19(23)17-11-20(17)5-7-21-8-6-20/h2-3,10,16-17,21H,4-9,11-13H2,1H3,(H,22,23). The number of benzene rings is 1. The van der Waals surface area contributed by atoms with Crippen molar-refractivity contribution in [3.05, 3.63) is 29.3 Å². The lowest BCUT2D eigenvalue weighted by Crippen LogP contribution is -2.33. The monoisotopic (exact) mass is 344 g/mol. The number of aryl methyl sites for hydroxylation is 1. The summed E-state index contributed by atoms with van der Waals surface area (Å²) in [6.07, 6.45) is 4.37. The zero-order valence-corrected chi connectivity index (χ0v) is 15.0. The summed E-state index contributed by atoms with van der Waals surface area (Å²) >= 11 is 0. The quantitative estimate of drug-likeness (QED) is 0.859. The number of hydrogen-bond acceptors (Lipinski definition) is 4. The molecule has 1 aromatic carbocycles. The first kappa shape index (κ1) is 16.9.